The number of benzene rings is 8. The lowest BCUT2D eigenvalue weighted by molar-refractivity contribution is 0.0551. The molecule has 0 bridgehead atoms. The highest BCUT2D eigenvalue weighted by molar-refractivity contribution is 6.21. The van der Waals surface area contributed by atoms with E-state index in [0.717, 1.165) is 82.7 Å². The van der Waals surface area contributed by atoms with Crippen molar-refractivity contribution in [2.45, 2.75) is 26.4 Å². The second-order valence-corrected chi connectivity index (χ2v) is 16.1. The number of hydrogen-bond acceptors (Lipinski definition) is 2. The number of para-hydroxylation sites is 6. The molecule has 11 aromatic rings. The second kappa shape index (κ2) is 13.0. The van der Waals surface area contributed by atoms with Gasteiger partial charge in [0.25, 0.3) is 0 Å². The highest BCUT2D eigenvalue weighted by Gasteiger charge is 2.27. The van der Waals surface area contributed by atoms with Gasteiger partial charge in [-0.15, -0.1) is 0 Å². The molecule has 0 atom stereocenters. The van der Waals surface area contributed by atoms with Crippen LogP contribution >= 0.6 is 0 Å². The Morgan fingerprint density at radius 2 is 0.949 bits per heavy atom. The van der Waals surface area contributed by atoms with Gasteiger partial charge in [-0.05, 0) is 69.3 Å². The van der Waals surface area contributed by atoms with E-state index in [1.807, 2.05) is 63.2 Å². The van der Waals surface area contributed by atoms with Crippen molar-refractivity contribution in [3.8, 4) is 33.6 Å². The molecule has 3 heterocycles. The van der Waals surface area contributed by atoms with Crippen LogP contribution in [0.1, 0.15) is 20.8 Å². The number of carbonyl (C=O) groups excluding carboxylic acids is 1. The van der Waals surface area contributed by atoms with Gasteiger partial charge in [0.15, 0.2) is 0 Å². The van der Waals surface area contributed by atoms with Crippen LogP contribution < -0.4 is 0 Å². The van der Waals surface area contributed by atoms with E-state index in [1.54, 1.807) is 10.6 Å². The van der Waals surface area contributed by atoms with Crippen molar-refractivity contribution in [1.82, 2.24) is 13.7 Å². The Kier molecular flexibility index (Phi) is 7.69. The molecule has 0 aliphatic rings. The summed E-state index contributed by atoms with van der Waals surface area (Å²) >= 11 is 0. The van der Waals surface area contributed by atoms with E-state index in [4.69, 9.17) is 4.74 Å². The molecule has 0 amide bonds. The molecule has 0 spiro atoms. The van der Waals surface area contributed by atoms with Gasteiger partial charge in [0, 0.05) is 60.3 Å². The third-order valence-electron chi connectivity index (χ3n) is 11.5. The molecule has 0 aliphatic heterocycles. The molecule has 6 heteroatoms. The molecule has 284 valence electrons. The predicted molar refractivity (Wildman–Crippen MR) is 241 cm³/mol. The molecule has 0 N–H and O–H groups in total. The van der Waals surface area contributed by atoms with E-state index in [9.17, 15) is 4.79 Å². The summed E-state index contributed by atoms with van der Waals surface area (Å²) in [5, 5.41) is 6.35. The molecule has 0 radical (unpaired) electrons. The summed E-state index contributed by atoms with van der Waals surface area (Å²) in [4.78, 5) is 14.6. The lowest BCUT2D eigenvalue weighted by Crippen LogP contribution is -2.27. The van der Waals surface area contributed by atoms with E-state index in [-0.39, 0.29) is 5.82 Å². The van der Waals surface area contributed by atoms with E-state index < -0.39 is 11.7 Å². The van der Waals surface area contributed by atoms with Crippen LogP contribution in [0.25, 0.3) is 99.0 Å². The Bertz CT molecular complexity index is 3450. The number of carbonyl (C=O) groups is 1. The van der Waals surface area contributed by atoms with Gasteiger partial charge in [-0.25, -0.2) is 13.8 Å². The first kappa shape index (κ1) is 34.8. The molecule has 3 aromatic heterocycles. The summed E-state index contributed by atoms with van der Waals surface area (Å²) in [7, 11) is 0. The van der Waals surface area contributed by atoms with Gasteiger partial charge in [-0.2, -0.15) is 0 Å². The average Bonchev–Trinajstić information content (AvgIpc) is 3.89. The number of aromatic nitrogens is 3. The first-order chi connectivity index (χ1) is 28.8. The van der Waals surface area contributed by atoms with Crippen molar-refractivity contribution >= 4 is 71.5 Å². The summed E-state index contributed by atoms with van der Waals surface area (Å²) < 4.78 is 28.1. The first-order valence-corrected chi connectivity index (χ1v) is 19.9. The van der Waals surface area contributed by atoms with E-state index >= 15 is 4.39 Å². The van der Waals surface area contributed by atoms with Crippen molar-refractivity contribution in [3.63, 3.8) is 0 Å². The summed E-state index contributed by atoms with van der Waals surface area (Å²) in [6.07, 6.45) is -0.452. The molecule has 0 unspecified atom stereocenters. The fourth-order valence-electron chi connectivity index (χ4n) is 9.17. The number of halogens is 1. The van der Waals surface area contributed by atoms with Crippen LogP contribution in [0.5, 0.6) is 0 Å². The Morgan fingerprint density at radius 3 is 1.59 bits per heavy atom. The maximum Gasteiger partial charge on any atom is 0.419 e. The van der Waals surface area contributed by atoms with Crippen LogP contribution in [0.4, 0.5) is 9.18 Å². The average molecular weight is 768 g/mol. The Morgan fingerprint density at radius 1 is 0.458 bits per heavy atom. The van der Waals surface area contributed by atoms with E-state index in [2.05, 4.69) is 130 Å². The summed E-state index contributed by atoms with van der Waals surface area (Å²) in [6.45, 7) is 5.69. The lowest BCUT2D eigenvalue weighted by atomic mass is 9.98. The third-order valence-corrected chi connectivity index (χ3v) is 11.5. The number of ether oxygens (including phenoxy) is 1. The number of nitrogens with zero attached hydrogens (tertiary/aromatic N) is 3. The molecule has 59 heavy (non-hydrogen) atoms. The molecule has 8 aromatic carbocycles. The van der Waals surface area contributed by atoms with Gasteiger partial charge in [0.2, 0.25) is 0 Å². The quantitative estimate of drug-likeness (QED) is 0.179. The first-order valence-electron chi connectivity index (χ1n) is 19.9. The monoisotopic (exact) mass is 767 g/mol. The van der Waals surface area contributed by atoms with E-state index in [1.165, 1.54) is 16.8 Å². The fourth-order valence-corrected chi connectivity index (χ4v) is 9.17. The van der Waals surface area contributed by atoms with E-state index in [0.29, 0.717) is 5.56 Å². The van der Waals surface area contributed by atoms with Gasteiger partial charge in [0.05, 0.1) is 38.8 Å². The third kappa shape index (κ3) is 5.33. The smallest absolute Gasteiger partial charge is 0.419 e. The normalized spacial score (nSPS) is 12.1. The molecule has 0 fully saturated rings. The van der Waals surface area contributed by atoms with Gasteiger partial charge >= 0.3 is 6.09 Å². The maximum atomic E-state index is 15.6. The topological polar surface area (TPSA) is 41.1 Å². The second-order valence-electron chi connectivity index (χ2n) is 16.1. The zero-order valence-corrected chi connectivity index (χ0v) is 32.8. The highest BCUT2D eigenvalue weighted by atomic mass is 19.1. The molecular formula is C53H38FN3O2. The fraction of sp³-hybridized carbons (Fsp3) is 0.0755. The van der Waals surface area contributed by atoms with Gasteiger partial charge in [0.1, 0.15) is 11.4 Å². The van der Waals surface area contributed by atoms with Gasteiger partial charge < -0.3 is 13.9 Å². The number of hydrogen-bond donors (Lipinski definition) is 0. The van der Waals surface area contributed by atoms with Crippen molar-refractivity contribution < 1.29 is 13.9 Å². The minimum absolute atomic E-state index is 0.284. The van der Waals surface area contributed by atoms with Crippen LogP contribution in [0.3, 0.4) is 0 Å². The minimum atomic E-state index is -0.735. The molecule has 0 aliphatic carbocycles. The van der Waals surface area contributed by atoms with Crippen LogP contribution in [-0.4, -0.2) is 25.4 Å². The van der Waals surface area contributed by atoms with Crippen LogP contribution in [-0.2, 0) is 4.74 Å². The zero-order valence-electron chi connectivity index (χ0n) is 32.8. The Labute approximate surface area is 339 Å². The van der Waals surface area contributed by atoms with Crippen molar-refractivity contribution in [2.24, 2.45) is 0 Å². The van der Waals surface area contributed by atoms with Crippen LogP contribution in [0.2, 0.25) is 0 Å². The van der Waals surface area contributed by atoms with Gasteiger partial charge in [-0.3, -0.25) is 0 Å². The maximum absolute atomic E-state index is 15.6. The molecule has 0 saturated carbocycles. The predicted octanol–water partition coefficient (Wildman–Crippen LogP) is 14.2. The molecule has 5 nitrogen and oxygen atoms in total. The highest BCUT2D eigenvalue weighted by Crippen LogP contribution is 2.44. The summed E-state index contributed by atoms with van der Waals surface area (Å²) in [5.74, 6) is -0.284. The minimum Gasteiger partial charge on any atom is -0.443 e. The molecule has 11 rings (SSSR count). The van der Waals surface area contributed by atoms with Crippen LogP contribution in [0.15, 0.2) is 176 Å². The van der Waals surface area contributed by atoms with Gasteiger partial charge in [-0.1, -0.05) is 127 Å². The SMILES string of the molecule is CC(C)(C)OC(=O)n1c2ccc(-n3c4ccccc4c4ccccc43)cc2c2cccc(-c3cccc4c5ccccc5n(-c5ccccc5-c5ccccc5F)c34)c21. The Hall–Kier alpha value is -7.44. The zero-order chi connectivity index (χ0) is 40.0. The lowest BCUT2D eigenvalue weighted by Gasteiger charge is -2.21. The number of fused-ring (bicyclic) bond motifs is 9. The number of rotatable bonds is 4. The van der Waals surface area contributed by atoms with Crippen molar-refractivity contribution in [3.05, 3.63) is 182 Å². The van der Waals surface area contributed by atoms with Crippen molar-refractivity contribution in [1.29, 1.82) is 0 Å². The van der Waals surface area contributed by atoms with Crippen molar-refractivity contribution in [2.75, 3.05) is 0 Å². The Balaban J connectivity index is 1.24. The van der Waals surface area contributed by atoms with Crippen LogP contribution in [0, 0.1) is 5.82 Å². The standard InChI is InChI=1S/C53H38FN3O2/c1-53(2,3)59-52(58)57-49-31-30-33(55-45-26-10-6-18-36(45)37-19-7-11-27-46(37)55)32-43(49)42-24-15-23-41(51(42)57)40-22-14-21-39-38-20-8-13-29-48(38)56(50(39)40)47-28-12-5-17-35(47)34-16-4-9-25-44(34)54/h4-32H,1-3H3. The largest absolute Gasteiger partial charge is 0.443 e. The summed E-state index contributed by atoms with van der Waals surface area (Å²) in [5.41, 5.74) is 9.91. The molecular weight excluding hydrogens is 730 g/mol. The molecule has 0 saturated heterocycles. The summed E-state index contributed by atoms with van der Waals surface area (Å²) in [6, 6.07) is 59.2.